The first-order valence-electron chi connectivity index (χ1n) is 9.66. The van der Waals surface area contributed by atoms with Gasteiger partial charge < -0.3 is 21.1 Å². The average molecular weight is 341 g/mol. The molecule has 5 nitrogen and oxygen atoms in total. The van der Waals surface area contributed by atoms with E-state index in [4.69, 9.17) is 0 Å². The maximum atomic E-state index is 10.5. The lowest BCUT2D eigenvalue weighted by Gasteiger charge is -2.46. The van der Waals surface area contributed by atoms with Gasteiger partial charge in [0.1, 0.15) is 0 Å². The van der Waals surface area contributed by atoms with Crippen molar-refractivity contribution in [1.29, 1.82) is 0 Å². The molecule has 0 aromatic carbocycles. The van der Waals surface area contributed by atoms with E-state index in [-0.39, 0.29) is 28.8 Å². The van der Waals surface area contributed by atoms with Crippen LogP contribution in [0.3, 0.4) is 0 Å². The van der Waals surface area contributed by atoms with Gasteiger partial charge in [-0.15, -0.1) is 0 Å². The Morgan fingerprint density at radius 3 is 2.33 bits per heavy atom. The van der Waals surface area contributed by atoms with E-state index in [0.29, 0.717) is 0 Å². The molecule has 2 rings (SSSR count). The standard InChI is InChI=1S/C19H40N4O/c1-17(2,3)21-15-7-12-23(13-16(15)24)14-18(4,5)22-19(6)8-10-20-11-9-19/h15-16,20-22,24H,7-14H2,1-6H3/t15-,16-/m1/s1. The van der Waals surface area contributed by atoms with Crippen molar-refractivity contribution >= 4 is 0 Å². The summed E-state index contributed by atoms with van der Waals surface area (Å²) in [7, 11) is 0. The number of rotatable bonds is 5. The van der Waals surface area contributed by atoms with Gasteiger partial charge in [-0.25, -0.2) is 0 Å². The minimum Gasteiger partial charge on any atom is -0.390 e. The third-order valence-corrected chi connectivity index (χ3v) is 5.25. The molecule has 5 heteroatoms. The summed E-state index contributed by atoms with van der Waals surface area (Å²) in [6.45, 7) is 18.4. The van der Waals surface area contributed by atoms with Gasteiger partial charge in [0, 0.05) is 35.7 Å². The lowest BCUT2D eigenvalue weighted by atomic mass is 9.86. The Labute approximate surface area is 149 Å². The largest absolute Gasteiger partial charge is 0.390 e. The van der Waals surface area contributed by atoms with Crippen LogP contribution in [0.2, 0.25) is 0 Å². The Kier molecular flexibility index (Phi) is 6.36. The lowest BCUT2D eigenvalue weighted by Crippen LogP contribution is -2.63. The molecule has 0 radical (unpaired) electrons. The Morgan fingerprint density at radius 2 is 1.79 bits per heavy atom. The second kappa shape index (κ2) is 7.58. The van der Waals surface area contributed by atoms with Crippen LogP contribution in [0.4, 0.5) is 0 Å². The zero-order valence-corrected chi connectivity index (χ0v) is 16.7. The van der Waals surface area contributed by atoms with Crippen molar-refractivity contribution in [3.8, 4) is 0 Å². The topological polar surface area (TPSA) is 59.6 Å². The minimum atomic E-state index is -0.289. The Hall–Kier alpha value is -0.200. The van der Waals surface area contributed by atoms with Gasteiger partial charge in [-0.2, -0.15) is 0 Å². The molecule has 0 bridgehead atoms. The van der Waals surface area contributed by atoms with E-state index < -0.39 is 0 Å². The van der Waals surface area contributed by atoms with Crippen LogP contribution in [-0.2, 0) is 0 Å². The molecule has 0 aromatic heterocycles. The number of piperidine rings is 2. The zero-order valence-electron chi connectivity index (χ0n) is 16.7. The molecule has 4 N–H and O–H groups in total. The molecule has 2 fully saturated rings. The second-order valence-corrected chi connectivity index (χ2v) is 9.91. The van der Waals surface area contributed by atoms with Crippen molar-refractivity contribution in [2.75, 3.05) is 32.7 Å². The lowest BCUT2D eigenvalue weighted by molar-refractivity contribution is 0.0186. The smallest absolute Gasteiger partial charge is 0.0820 e. The fourth-order valence-corrected chi connectivity index (χ4v) is 4.38. The maximum absolute atomic E-state index is 10.5. The number of hydrogen-bond acceptors (Lipinski definition) is 5. The van der Waals surface area contributed by atoms with E-state index in [9.17, 15) is 5.11 Å². The quantitative estimate of drug-likeness (QED) is 0.608. The van der Waals surface area contributed by atoms with Gasteiger partial charge in [0.05, 0.1) is 6.10 Å². The van der Waals surface area contributed by atoms with Crippen LogP contribution in [0, 0.1) is 0 Å². The summed E-state index contributed by atoms with van der Waals surface area (Å²) in [5.74, 6) is 0. The van der Waals surface area contributed by atoms with Gasteiger partial charge in [0.25, 0.3) is 0 Å². The number of aliphatic hydroxyl groups excluding tert-OH is 1. The fourth-order valence-electron chi connectivity index (χ4n) is 4.38. The molecule has 0 aromatic rings. The van der Waals surface area contributed by atoms with Crippen LogP contribution >= 0.6 is 0 Å². The molecule has 0 aliphatic carbocycles. The van der Waals surface area contributed by atoms with Crippen molar-refractivity contribution in [3.63, 3.8) is 0 Å². The first kappa shape index (κ1) is 20.1. The molecule has 0 amide bonds. The van der Waals surface area contributed by atoms with E-state index in [1.165, 1.54) is 12.8 Å². The Bertz CT molecular complexity index is 399. The molecule has 2 heterocycles. The SMILES string of the molecule is CC(C)(C)N[C@@H]1CCN(CC(C)(C)NC2(C)CCNCC2)C[C@H]1O. The van der Waals surface area contributed by atoms with Crippen LogP contribution in [0.25, 0.3) is 0 Å². The zero-order chi connectivity index (χ0) is 18.0. The number of β-amino-alcohol motifs (C(OH)–C–C–N with tert-alkyl or cyclic N) is 1. The van der Waals surface area contributed by atoms with Gasteiger partial charge in [0.15, 0.2) is 0 Å². The highest BCUT2D eigenvalue weighted by Crippen LogP contribution is 2.23. The van der Waals surface area contributed by atoms with Crippen molar-refractivity contribution in [2.24, 2.45) is 0 Å². The predicted octanol–water partition coefficient (Wildman–Crippen LogP) is 1.32. The van der Waals surface area contributed by atoms with Crippen LogP contribution < -0.4 is 16.0 Å². The van der Waals surface area contributed by atoms with Crippen molar-refractivity contribution in [3.05, 3.63) is 0 Å². The van der Waals surface area contributed by atoms with Gasteiger partial charge in [0.2, 0.25) is 0 Å². The van der Waals surface area contributed by atoms with Crippen molar-refractivity contribution in [2.45, 2.75) is 89.6 Å². The van der Waals surface area contributed by atoms with Gasteiger partial charge in [-0.3, -0.25) is 4.90 Å². The maximum Gasteiger partial charge on any atom is 0.0820 e. The molecule has 142 valence electrons. The van der Waals surface area contributed by atoms with Gasteiger partial charge >= 0.3 is 0 Å². The van der Waals surface area contributed by atoms with Crippen molar-refractivity contribution < 1.29 is 5.11 Å². The summed E-state index contributed by atoms with van der Waals surface area (Å²) in [5, 5.41) is 21.5. The Balaban J connectivity index is 1.85. The summed E-state index contributed by atoms with van der Waals surface area (Å²) in [6, 6.07) is 0.208. The van der Waals surface area contributed by atoms with Gasteiger partial charge in [-0.05, 0) is 80.4 Å². The van der Waals surface area contributed by atoms with E-state index in [0.717, 1.165) is 39.1 Å². The summed E-state index contributed by atoms with van der Waals surface area (Å²) < 4.78 is 0. The van der Waals surface area contributed by atoms with E-state index in [1.54, 1.807) is 0 Å². The predicted molar refractivity (Wildman–Crippen MR) is 101 cm³/mol. The highest BCUT2D eigenvalue weighted by atomic mass is 16.3. The monoisotopic (exact) mass is 340 g/mol. The molecule has 2 saturated heterocycles. The summed E-state index contributed by atoms with van der Waals surface area (Å²) >= 11 is 0. The molecule has 0 saturated carbocycles. The highest BCUT2D eigenvalue weighted by molar-refractivity contribution is 4.97. The van der Waals surface area contributed by atoms with Gasteiger partial charge in [-0.1, -0.05) is 0 Å². The Morgan fingerprint density at radius 1 is 1.17 bits per heavy atom. The highest BCUT2D eigenvalue weighted by Gasteiger charge is 2.36. The van der Waals surface area contributed by atoms with E-state index in [2.05, 4.69) is 62.4 Å². The van der Waals surface area contributed by atoms with E-state index in [1.807, 2.05) is 0 Å². The molecular formula is C19H40N4O. The average Bonchev–Trinajstić information content (AvgIpc) is 2.39. The summed E-state index contributed by atoms with van der Waals surface area (Å²) in [4.78, 5) is 2.42. The number of hydrogen-bond donors (Lipinski definition) is 4. The summed E-state index contributed by atoms with van der Waals surface area (Å²) in [6.07, 6.45) is 3.08. The first-order chi connectivity index (χ1) is 11.0. The molecule has 24 heavy (non-hydrogen) atoms. The summed E-state index contributed by atoms with van der Waals surface area (Å²) in [5.41, 5.74) is 0.327. The third-order valence-electron chi connectivity index (χ3n) is 5.25. The normalized spacial score (nSPS) is 29.6. The van der Waals surface area contributed by atoms with Crippen LogP contribution in [-0.4, -0.2) is 71.5 Å². The molecule has 0 spiro atoms. The number of nitrogens with one attached hydrogen (secondary N) is 3. The van der Waals surface area contributed by atoms with Crippen molar-refractivity contribution in [1.82, 2.24) is 20.9 Å². The second-order valence-electron chi connectivity index (χ2n) is 9.91. The van der Waals surface area contributed by atoms with Crippen LogP contribution in [0.5, 0.6) is 0 Å². The molecule has 0 unspecified atom stereocenters. The van der Waals surface area contributed by atoms with Crippen LogP contribution in [0.1, 0.15) is 60.8 Å². The molecule has 2 aliphatic rings. The number of nitrogens with zero attached hydrogens (tertiary/aromatic N) is 1. The molecular weight excluding hydrogens is 300 g/mol. The number of aliphatic hydroxyl groups is 1. The van der Waals surface area contributed by atoms with Crippen LogP contribution in [0.15, 0.2) is 0 Å². The first-order valence-corrected chi connectivity index (χ1v) is 9.66. The third kappa shape index (κ3) is 6.26. The minimum absolute atomic E-state index is 0.0517. The molecule has 2 atom stereocenters. The number of likely N-dealkylation sites (tertiary alicyclic amines) is 1. The molecule has 2 aliphatic heterocycles. The fraction of sp³-hybridized carbons (Fsp3) is 1.00. The van der Waals surface area contributed by atoms with E-state index >= 15 is 0 Å².